The molecule has 1 heterocycles. The van der Waals surface area contributed by atoms with Crippen LogP contribution in [0.15, 0.2) is 31.1 Å². The van der Waals surface area contributed by atoms with Gasteiger partial charge in [0.25, 0.3) is 0 Å². The van der Waals surface area contributed by atoms with Crippen molar-refractivity contribution in [1.82, 2.24) is 10.3 Å². The smallest absolute Gasteiger partial charge is 0.138 e. The average Bonchev–Trinajstić information content (AvgIpc) is 2.52. The van der Waals surface area contributed by atoms with Gasteiger partial charge in [0, 0.05) is 12.6 Å². The minimum Gasteiger partial charge on any atom is -0.386 e. The molecule has 0 amide bonds. The molecule has 25 heavy (non-hydrogen) atoms. The van der Waals surface area contributed by atoms with Crippen molar-refractivity contribution in [2.24, 2.45) is 5.73 Å². The van der Waals surface area contributed by atoms with Crippen molar-refractivity contribution in [3.63, 3.8) is 0 Å². The van der Waals surface area contributed by atoms with Gasteiger partial charge in [-0.25, -0.2) is 9.37 Å². The zero-order chi connectivity index (χ0) is 19.2. The highest BCUT2D eigenvalue weighted by molar-refractivity contribution is 5.63. The summed E-state index contributed by atoms with van der Waals surface area (Å²) in [5, 5.41) is 3.02. The fourth-order valence-electron chi connectivity index (χ4n) is 2.73. The summed E-state index contributed by atoms with van der Waals surface area (Å²) in [6.45, 7) is 17.5. The predicted molar refractivity (Wildman–Crippen MR) is 106 cm³/mol. The van der Waals surface area contributed by atoms with E-state index in [1.165, 1.54) is 13.8 Å². The van der Waals surface area contributed by atoms with E-state index < -0.39 is 5.67 Å². The number of nitrogens with zero attached hydrogens (tertiary/aromatic N) is 2. The molecule has 0 aliphatic heterocycles. The molecule has 0 fully saturated rings. The number of pyridine rings is 1. The van der Waals surface area contributed by atoms with Gasteiger partial charge in [0.1, 0.15) is 11.5 Å². The lowest BCUT2D eigenvalue weighted by molar-refractivity contribution is 0.219. The SMILES string of the molecule is C=C(NCC(C)(C)F)c1ccc(C)c(N(C(=C)N)C(CC)CCC)n1. The third kappa shape index (κ3) is 6.07. The number of rotatable bonds is 10. The summed E-state index contributed by atoms with van der Waals surface area (Å²) in [6.07, 6.45) is 3.01. The molecule has 0 bridgehead atoms. The Hall–Kier alpha value is -2.04. The fourth-order valence-corrected chi connectivity index (χ4v) is 2.73. The number of aromatic nitrogens is 1. The first-order valence-electron chi connectivity index (χ1n) is 8.94. The highest BCUT2D eigenvalue weighted by atomic mass is 19.1. The standard InChI is InChI=1S/C20H33FN4/c1-8-10-17(9-2)25(16(5)22)19-14(3)11-12-18(24-19)15(4)23-13-20(6,7)21/h11-12,17,23H,4-5,8-10,13,22H2,1-3,6-7H3. The van der Waals surface area contributed by atoms with Gasteiger partial charge in [-0.3, -0.25) is 0 Å². The molecular formula is C20H33FN4. The van der Waals surface area contributed by atoms with Crippen molar-refractivity contribution in [2.45, 2.75) is 65.6 Å². The maximum atomic E-state index is 13.7. The molecule has 1 rings (SSSR count). The van der Waals surface area contributed by atoms with Crippen LogP contribution >= 0.6 is 0 Å². The van der Waals surface area contributed by atoms with Crippen LogP contribution in [0, 0.1) is 6.92 Å². The van der Waals surface area contributed by atoms with Crippen LogP contribution in [0.1, 0.15) is 58.2 Å². The second kappa shape index (κ2) is 8.88. The summed E-state index contributed by atoms with van der Waals surface area (Å²) < 4.78 is 13.7. The fraction of sp³-hybridized carbons (Fsp3) is 0.550. The van der Waals surface area contributed by atoms with Crippen molar-refractivity contribution in [3.8, 4) is 0 Å². The monoisotopic (exact) mass is 348 g/mol. The Kier molecular flexibility index (Phi) is 7.46. The third-order valence-electron chi connectivity index (χ3n) is 4.10. The number of hydrogen-bond acceptors (Lipinski definition) is 4. The molecule has 1 atom stereocenters. The molecule has 0 aromatic carbocycles. The van der Waals surface area contributed by atoms with E-state index in [0.29, 0.717) is 17.2 Å². The molecule has 1 aromatic heterocycles. The van der Waals surface area contributed by atoms with Crippen molar-refractivity contribution >= 4 is 11.5 Å². The van der Waals surface area contributed by atoms with Gasteiger partial charge in [-0.15, -0.1) is 0 Å². The second-order valence-electron chi connectivity index (χ2n) is 7.10. The first-order valence-corrected chi connectivity index (χ1v) is 8.94. The summed E-state index contributed by atoms with van der Waals surface area (Å²) in [6, 6.07) is 4.12. The molecule has 0 aliphatic rings. The Bertz CT molecular complexity index is 604. The molecule has 1 aromatic rings. The van der Waals surface area contributed by atoms with Crippen LogP contribution in [0.25, 0.3) is 5.70 Å². The largest absolute Gasteiger partial charge is 0.386 e. The van der Waals surface area contributed by atoms with Crippen molar-refractivity contribution in [1.29, 1.82) is 0 Å². The molecule has 0 saturated heterocycles. The van der Waals surface area contributed by atoms with Gasteiger partial charge in [-0.05, 0) is 45.2 Å². The summed E-state index contributed by atoms with van der Waals surface area (Å²) in [7, 11) is 0. The van der Waals surface area contributed by atoms with Gasteiger partial charge in [0.2, 0.25) is 0 Å². The van der Waals surface area contributed by atoms with Crippen molar-refractivity contribution in [3.05, 3.63) is 42.4 Å². The zero-order valence-corrected chi connectivity index (χ0v) is 16.3. The van der Waals surface area contributed by atoms with Crippen molar-refractivity contribution < 1.29 is 4.39 Å². The van der Waals surface area contributed by atoms with Crippen LogP contribution in [-0.4, -0.2) is 23.2 Å². The topological polar surface area (TPSA) is 54.2 Å². The zero-order valence-electron chi connectivity index (χ0n) is 16.3. The Morgan fingerprint density at radius 1 is 1.36 bits per heavy atom. The van der Waals surface area contributed by atoms with Crippen LogP contribution in [0.4, 0.5) is 10.2 Å². The van der Waals surface area contributed by atoms with E-state index in [-0.39, 0.29) is 12.6 Å². The van der Waals surface area contributed by atoms with E-state index in [1.54, 1.807) is 0 Å². The second-order valence-corrected chi connectivity index (χ2v) is 7.10. The Labute approximate surface area is 152 Å². The minimum atomic E-state index is -1.32. The van der Waals surface area contributed by atoms with Crippen LogP contribution in [0.2, 0.25) is 0 Å². The Morgan fingerprint density at radius 2 is 2.00 bits per heavy atom. The molecule has 4 nitrogen and oxygen atoms in total. The number of anilines is 1. The lowest BCUT2D eigenvalue weighted by atomic mass is 10.1. The highest BCUT2D eigenvalue weighted by Gasteiger charge is 2.22. The Morgan fingerprint density at radius 3 is 2.48 bits per heavy atom. The maximum absolute atomic E-state index is 13.7. The normalized spacial score (nSPS) is 12.6. The lowest BCUT2D eigenvalue weighted by Gasteiger charge is -2.33. The van der Waals surface area contributed by atoms with E-state index in [0.717, 1.165) is 30.6 Å². The van der Waals surface area contributed by atoms with E-state index in [4.69, 9.17) is 10.7 Å². The maximum Gasteiger partial charge on any atom is 0.138 e. The molecule has 140 valence electrons. The van der Waals surface area contributed by atoms with Gasteiger partial charge >= 0.3 is 0 Å². The van der Waals surface area contributed by atoms with Crippen LogP contribution < -0.4 is 16.0 Å². The van der Waals surface area contributed by atoms with Gasteiger partial charge < -0.3 is 16.0 Å². The molecule has 0 spiro atoms. The molecule has 3 N–H and O–H groups in total. The van der Waals surface area contributed by atoms with Gasteiger partial charge in [-0.2, -0.15) is 0 Å². The highest BCUT2D eigenvalue weighted by Crippen LogP contribution is 2.27. The van der Waals surface area contributed by atoms with Crippen LogP contribution in [-0.2, 0) is 0 Å². The number of aryl methyl sites for hydroxylation is 1. The first kappa shape index (κ1) is 21.0. The van der Waals surface area contributed by atoms with Gasteiger partial charge in [-0.1, -0.05) is 39.5 Å². The molecule has 0 aliphatic carbocycles. The van der Waals surface area contributed by atoms with Crippen molar-refractivity contribution in [2.75, 3.05) is 11.4 Å². The number of nitrogens with one attached hydrogen (secondary N) is 1. The van der Waals surface area contributed by atoms with E-state index >= 15 is 0 Å². The quantitative estimate of drug-likeness (QED) is 0.653. The number of hydrogen-bond donors (Lipinski definition) is 2. The lowest BCUT2D eigenvalue weighted by Crippen LogP contribution is -2.38. The minimum absolute atomic E-state index is 0.178. The summed E-state index contributed by atoms with van der Waals surface area (Å²) in [5.41, 5.74) is 7.07. The molecule has 0 saturated carbocycles. The molecule has 1 unspecified atom stereocenters. The van der Waals surface area contributed by atoms with E-state index in [1.807, 2.05) is 24.0 Å². The summed E-state index contributed by atoms with van der Waals surface area (Å²) in [4.78, 5) is 6.75. The average molecular weight is 349 g/mol. The molecule has 5 heteroatoms. The van der Waals surface area contributed by atoms with E-state index in [2.05, 4.69) is 32.3 Å². The number of halogens is 1. The van der Waals surface area contributed by atoms with Gasteiger partial charge in [0.05, 0.1) is 17.2 Å². The molecular weight excluding hydrogens is 315 g/mol. The molecule has 0 radical (unpaired) electrons. The summed E-state index contributed by atoms with van der Waals surface area (Å²) in [5.74, 6) is 1.27. The number of nitrogens with two attached hydrogens (primary N) is 1. The summed E-state index contributed by atoms with van der Waals surface area (Å²) >= 11 is 0. The predicted octanol–water partition coefficient (Wildman–Crippen LogP) is 4.51. The van der Waals surface area contributed by atoms with E-state index in [9.17, 15) is 4.39 Å². The van der Waals surface area contributed by atoms with Crippen LogP contribution in [0.3, 0.4) is 0 Å². The van der Waals surface area contributed by atoms with Crippen LogP contribution in [0.5, 0.6) is 0 Å². The third-order valence-corrected chi connectivity index (χ3v) is 4.10. The first-order chi connectivity index (χ1) is 11.6. The number of alkyl halides is 1. The Balaban J connectivity index is 3.17. The van der Waals surface area contributed by atoms with Gasteiger partial charge in [0.15, 0.2) is 0 Å².